The van der Waals surface area contributed by atoms with Crippen LogP contribution < -0.4 is 0 Å². The number of allylic oxidation sites excluding steroid dienone is 2. The minimum absolute atomic E-state index is 0.0735. The summed E-state index contributed by atoms with van der Waals surface area (Å²) in [5.74, 6) is 5.03. The predicted octanol–water partition coefficient (Wildman–Crippen LogP) is 1.82. The molecule has 1 rings (SSSR count). The summed E-state index contributed by atoms with van der Waals surface area (Å²) >= 11 is 0. The Morgan fingerprint density at radius 2 is 2.22 bits per heavy atom. The van der Waals surface area contributed by atoms with E-state index in [-0.39, 0.29) is 6.29 Å². The van der Waals surface area contributed by atoms with E-state index in [1.54, 1.807) is 6.08 Å². The third kappa shape index (κ3) is 6.89. The third-order valence-corrected chi connectivity index (χ3v) is 2.30. The van der Waals surface area contributed by atoms with E-state index in [9.17, 15) is 4.79 Å². The molecular weight excluding hydrogens is 232 g/mol. The monoisotopic (exact) mass is 250 g/mol. The van der Waals surface area contributed by atoms with Gasteiger partial charge in [0.1, 0.15) is 0 Å². The van der Waals surface area contributed by atoms with Gasteiger partial charge >= 0.3 is 5.97 Å². The lowest BCUT2D eigenvalue weighted by molar-refractivity contribution is -0.155. The molecule has 0 N–H and O–H groups in total. The van der Waals surface area contributed by atoms with Gasteiger partial charge in [0, 0.05) is 12.7 Å². The lowest BCUT2D eigenvalue weighted by Gasteiger charge is -2.21. The zero-order valence-electron chi connectivity index (χ0n) is 10.6. The SMILES string of the molecule is COC(=O)/C=C\C#C/C=C/COC1CCCCO1. The predicted molar refractivity (Wildman–Crippen MR) is 67.6 cm³/mol. The van der Waals surface area contributed by atoms with Gasteiger partial charge in [0.05, 0.1) is 13.7 Å². The van der Waals surface area contributed by atoms with Crippen LogP contribution in [0.3, 0.4) is 0 Å². The van der Waals surface area contributed by atoms with Crippen LogP contribution in [0.1, 0.15) is 19.3 Å². The maximum atomic E-state index is 10.7. The standard InChI is InChI=1S/C14H18O4/c1-16-13(15)9-5-3-2-4-7-11-17-14-10-6-8-12-18-14/h4-5,7,9,14H,6,8,10-12H2,1H3/b7-4+,9-5-. The van der Waals surface area contributed by atoms with Gasteiger partial charge < -0.3 is 14.2 Å². The summed E-state index contributed by atoms with van der Waals surface area (Å²) in [4.78, 5) is 10.7. The molecule has 0 saturated carbocycles. The average molecular weight is 250 g/mol. The summed E-state index contributed by atoms with van der Waals surface area (Å²) in [5, 5.41) is 0. The molecule has 0 aromatic carbocycles. The zero-order chi connectivity index (χ0) is 13.1. The number of hydrogen-bond donors (Lipinski definition) is 0. The van der Waals surface area contributed by atoms with E-state index in [0.29, 0.717) is 6.61 Å². The van der Waals surface area contributed by atoms with E-state index < -0.39 is 5.97 Å². The van der Waals surface area contributed by atoms with Crippen LogP contribution in [0.25, 0.3) is 0 Å². The zero-order valence-corrected chi connectivity index (χ0v) is 10.6. The summed E-state index contributed by atoms with van der Waals surface area (Å²) in [7, 11) is 1.32. The van der Waals surface area contributed by atoms with E-state index in [1.807, 2.05) is 6.08 Å². The Labute approximate surface area is 108 Å². The summed E-state index contributed by atoms with van der Waals surface area (Å²) in [6, 6.07) is 0. The second-order valence-electron chi connectivity index (χ2n) is 3.68. The van der Waals surface area contributed by atoms with Crippen LogP contribution in [-0.2, 0) is 19.0 Å². The maximum Gasteiger partial charge on any atom is 0.331 e. The van der Waals surface area contributed by atoms with Gasteiger partial charge in [-0.15, -0.1) is 0 Å². The van der Waals surface area contributed by atoms with E-state index in [4.69, 9.17) is 9.47 Å². The number of carbonyl (C=O) groups excluding carboxylic acids is 1. The van der Waals surface area contributed by atoms with Crippen LogP contribution in [0, 0.1) is 11.8 Å². The van der Waals surface area contributed by atoms with Crippen LogP contribution in [0.5, 0.6) is 0 Å². The summed E-state index contributed by atoms with van der Waals surface area (Å²) in [6.07, 6.45) is 9.38. The van der Waals surface area contributed by atoms with Crippen molar-refractivity contribution in [2.24, 2.45) is 0 Å². The lowest BCUT2D eigenvalue weighted by atomic mass is 10.2. The van der Waals surface area contributed by atoms with Gasteiger partial charge in [0.25, 0.3) is 0 Å². The van der Waals surface area contributed by atoms with E-state index in [1.165, 1.54) is 19.3 Å². The average Bonchev–Trinajstić information content (AvgIpc) is 2.42. The van der Waals surface area contributed by atoms with Gasteiger partial charge in [-0.05, 0) is 31.4 Å². The number of rotatable bonds is 4. The van der Waals surface area contributed by atoms with Crippen LogP contribution in [0.15, 0.2) is 24.3 Å². The smallest absolute Gasteiger partial charge is 0.331 e. The fourth-order valence-corrected chi connectivity index (χ4v) is 1.39. The van der Waals surface area contributed by atoms with Crippen molar-refractivity contribution in [2.75, 3.05) is 20.3 Å². The normalized spacial score (nSPS) is 19.7. The first-order valence-electron chi connectivity index (χ1n) is 5.96. The first kappa shape index (κ1) is 14.5. The highest BCUT2D eigenvalue weighted by Crippen LogP contribution is 2.13. The highest BCUT2D eigenvalue weighted by molar-refractivity contribution is 5.82. The van der Waals surface area contributed by atoms with Crippen molar-refractivity contribution < 1.29 is 19.0 Å². The second kappa shape index (κ2) is 9.46. The molecule has 0 bridgehead atoms. The number of hydrogen-bond acceptors (Lipinski definition) is 4. The molecule has 1 fully saturated rings. The summed E-state index contributed by atoms with van der Waals surface area (Å²) in [5.41, 5.74) is 0. The van der Waals surface area contributed by atoms with Crippen LogP contribution >= 0.6 is 0 Å². The topological polar surface area (TPSA) is 44.8 Å². The molecule has 1 aliphatic rings. The fourth-order valence-electron chi connectivity index (χ4n) is 1.39. The quantitative estimate of drug-likeness (QED) is 0.434. The van der Waals surface area contributed by atoms with Crippen molar-refractivity contribution in [2.45, 2.75) is 25.6 Å². The molecular formula is C14H18O4. The van der Waals surface area contributed by atoms with Gasteiger partial charge in [-0.25, -0.2) is 4.79 Å². The highest BCUT2D eigenvalue weighted by atomic mass is 16.7. The van der Waals surface area contributed by atoms with Crippen molar-refractivity contribution in [1.82, 2.24) is 0 Å². The van der Waals surface area contributed by atoms with Crippen molar-refractivity contribution in [3.05, 3.63) is 24.3 Å². The van der Waals surface area contributed by atoms with E-state index >= 15 is 0 Å². The van der Waals surface area contributed by atoms with E-state index in [2.05, 4.69) is 16.6 Å². The molecule has 1 unspecified atom stereocenters. The van der Waals surface area contributed by atoms with Crippen molar-refractivity contribution in [3.8, 4) is 11.8 Å². The molecule has 0 aliphatic carbocycles. The Hall–Kier alpha value is -1.57. The minimum Gasteiger partial charge on any atom is -0.466 e. The molecule has 1 heterocycles. The molecule has 98 valence electrons. The lowest BCUT2D eigenvalue weighted by Crippen LogP contribution is -2.22. The Morgan fingerprint density at radius 3 is 2.94 bits per heavy atom. The number of methoxy groups -OCH3 is 1. The Morgan fingerprint density at radius 1 is 1.39 bits per heavy atom. The van der Waals surface area contributed by atoms with Crippen LogP contribution in [0.4, 0.5) is 0 Å². The van der Waals surface area contributed by atoms with E-state index in [0.717, 1.165) is 25.9 Å². The maximum absolute atomic E-state index is 10.7. The van der Waals surface area contributed by atoms with Gasteiger partial charge in [-0.1, -0.05) is 17.9 Å². The van der Waals surface area contributed by atoms with Gasteiger partial charge in [0.2, 0.25) is 0 Å². The molecule has 4 nitrogen and oxygen atoms in total. The van der Waals surface area contributed by atoms with Gasteiger partial charge in [-0.3, -0.25) is 0 Å². The third-order valence-electron chi connectivity index (χ3n) is 2.30. The molecule has 0 aromatic heterocycles. The second-order valence-corrected chi connectivity index (χ2v) is 3.68. The number of esters is 1. The molecule has 1 saturated heterocycles. The molecule has 4 heteroatoms. The minimum atomic E-state index is -0.411. The largest absolute Gasteiger partial charge is 0.466 e. The Balaban J connectivity index is 2.11. The van der Waals surface area contributed by atoms with Crippen LogP contribution in [-0.4, -0.2) is 32.6 Å². The first-order valence-corrected chi connectivity index (χ1v) is 5.96. The van der Waals surface area contributed by atoms with Gasteiger partial charge in [0.15, 0.2) is 6.29 Å². The van der Waals surface area contributed by atoms with Crippen molar-refractivity contribution in [1.29, 1.82) is 0 Å². The molecule has 0 radical (unpaired) electrons. The molecule has 0 aromatic rings. The number of carbonyl (C=O) groups is 1. The Bertz CT molecular complexity index is 354. The van der Waals surface area contributed by atoms with Crippen LogP contribution in [0.2, 0.25) is 0 Å². The molecule has 0 amide bonds. The highest BCUT2D eigenvalue weighted by Gasteiger charge is 2.12. The molecule has 1 aliphatic heterocycles. The molecule has 0 spiro atoms. The molecule has 1 atom stereocenters. The number of ether oxygens (including phenoxy) is 3. The van der Waals surface area contributed by atoms with Crippen molar-refractivity contribution >= 4 is 5.97 Å². The summed E-state index contributed by atoms with van der Waals surface area (Å²) < 4.78 is 15.3. The Kier molecular flexibility index (Phi) is 7.61. The van der Waals surface area contributed by atoms with Crippen molar-refractivity contribution in [3.63, 3.8) is 0 Å². The summed E-state index contributed by atoms with van der Waals surface area (Å²) in [6.45, 7) is 1.27. The molecule has 18 heavy (non-hydrogen) atoms. The first-order chi connectivity index (χ1) is 8.83. The van der Waals surface area contributed by atoms with Gasteiger partial charge in [-0.2, -0.15) is 0 Å². The fraction of sp³-hybridized carbons (Fsp3) is 0.500.